The highest BCUT2D eigenvalue weighted by molar-refractivity contribution is 7.13. The van der Waals surface area contributed by atoms with Gasteiger partial charge in [0.1, 0.15) is 5.76 Å². The molecule has 0 aliphatic rings. The minimum Gasteiger partial charge on any atom is -0.455 e. The van der Waals surface area contributed by atoms with Crippen molar-refractivity contribution in [3.63, 3.8) is 0 Å². The Hall–Kier alpha value is -2.93. The van der Waals surface area contributed by atoms with E-state index in [1.54, 1.807) is 6.92 Å². The van der Waals surface area contributed by atoms with E-state index in [0.29, 0.717) is 17.3 Å². The summed E-state index contributed by atoms with van der Waals surface area (Å²) in [4.78, 5) is 30.1. The number of nitrogens with one attached hydrogen (secondary N) is 1. The number of carbonyl (C=O) groups is 2. The fraction of sp³-hybridized carbons (Fsp3) is 0.375. The van der Waals surface area contributed by atoms with E-state index in [4.69, 9.17) is 9.15 Å². The van der Waals surface area contributed by atoms with Crippen LogP contribution in [0.2, 0.25) is 0 Å². The van der Waals surface area contributed by atoms with Crippen LogP contribution in [0, 0.1) is 6.92 Å². The van der Waals surface area contributed by atoms with Crippen LogP contribution in [-0.4, -0.2) is 23.5 Å². The summed E-state index contributed by atoms with van der Waals surface area (Å²) in [5.41, 5.74) is 3.44. The lowest BCUT2D eigenvalue weighted by atomic mass is 9.92. The molecule has 0 spiro atoms. The van der Waals surface area contributed by atoms with E-state index in [1.807, 2.05) is 35.7 Å². The number of rotatable bonds is 8. The summed E-state index contributed by atoms with van der Waals surface area (Å²) in [6.45, 7) is 9.74. The van der Waals surface area contributed by atoms with Gasteiger partial charge in [-0.1, -0.05) is 52.0 Å². The standard InChI is InChI=1S/C24H28N2O4S/c1-14(2)17-8-6-9-18(15(3)4)23(17)26-21(27)13-29-22(28)12-19-16(5)30-24(25-19)20-10-7-11-31-20/h6-11,14-15H,12-13H2,1-5H3,(H,26,27). The van der Waals surface area contributed by atoms with Gasteiger partial charge in [0.15, 0.2) is 6.61 Å². The molecule has 0 aliphatic heterocycles. The maximum absolute atomic E-state index is 12.5. The van der Waals surface area contributed by atoms with Crippen molar-refractivity contribution in [2.75, 3.05) is 11.9 Å². The number of benzene rings is 1. The van der Waals surface area contributed by atoms with Gasteiger partial charge in [-0.15, -0.1) is 11.3 Å². The lowest BCUT2D eigenvalue weighted by Crippen LogP contribution is -2.23. The molecular weight excluding hydrogens is 412 g/mol. The molecule has 0 saturated carbocycles. The minimum absolute atomic E-state index is 0.0478. The van der Waals surface area contributed by atoms with Crippen molar-refractivity contribution in [2.45, 2.75) is 52.9 Å². The maximum Gasteiger partial charge on any atom is 0.312 e. The second-order valence-electron chi connectivity index (χ2n) is 8.01. The van der Waals surface area contributed by atoms with Crippen molar-refractivity contribution in [3.05, 3.63) is 58.3 Å². The number of esters is 1. The van der Waals surface area contributed by atoms with Gasteiger partial charge in [-0.2, -0.15) is 0 Å². The van der Waals surface area contributed by atoms with E-state index < -0.39 is 5.97 Å². The number of anilines is 1. The lowest BCUT2D eigenvalue weighted by Gasteiger charge is -2.20. The number of para-hydroxylation sites is 1. The molecule has 0 bridgehead atoms. The number of aryl methyl sites for hydroxylation is 1. The number of hydrogen-bond donors (Lipinski definition) is 1. The average molecular weight is 441 g/mol. The van der Waals surface area contributed by atoms with Crippen molar-refractivity contribution in [3.8, 4) is 10.8 Å². The Kier molecular flexibility index (Phi) is 7.28. The predicted molar refractivity (Wildman–Crippen MR) is 122 cm³/mol. The van der Waals surface area contributed by atoms with Gasteiger partial charge >= 0.3 is 5.97 Å². The number of carbonyl (C=O) groups excluding carboxylic acids is 2. The van der Waals surface area contributed by atoms with Crippen molar-refractivity contribution < 1.29 is 18.7 Å². The first kappa shape index (κ1) is 22.7. The summed E-state index contributed by atoms with van der Waals surface area (Å²) in [6, 6.07) is 9.84. The smallest absolute Gasteiger partial charge is 0.312 e. The number of nitrogens with zero attached hydrogens (tertiary/aromatic N) is 1. The number of thiophene rings is 1. The quantitative estimate of drug-likeness (QED) is 0.456. The highest BCUT2D eigenvalue weighted by atomic mass is 32.1. The first-order valence-corrected chi connectivity index (χ1v) is 11.2. The fourth-order valence-corrected chi connectivity index (χ4v) is 3.95. The van der Waals surface area contributed by atoms with E-state index in [2.05, 4.69) is 38.0 Å². The van der Waals surface area contributed by atoms with Crippen LogP contribution in [-0.2, 0) is 20.7 Å². The summed E-state index contributed by atoms with van der Waals surface area (Å²) < 4.78 is 10.9. The summed E-state index contributed by atoms with van der Waals surface area (Å²) in [5, 5.41) is 4.88. The Bertz CT molecular complexity index is 1030. The molecule has 3 rings (SSSR count). The number of ether oxygens (including phenoxy) is 1. The number of aromatic nitrogens is 1. The van der Waals surface area contributed by atoms with Crippen LogP contribution in [0.15, 0.2) is 40.1 Å². The SMILES string of the molecule is Cc1oc(-c2cccs2)nc1CC(=O)OCC(=O)Nc1c(C(C)C)cccc1C(C)C. The molecule has 7 heteroatoms. The molecule has 2 aromatic heterocycles. The van der Waals surface area contributed by atoms with Crippen LogP contribution in [0.25, 0.3) is 10.8 Å². The third kappa shape index (κ3) is 5.61. The Labute approximate surface area is 186 Å². The van der Waals surface area contributed by atoms with Gasteiger partial charge in [0, 0.05) is 5.69 Å². The van der Waals surface area contributed by atoms with E-state index in [9.17, 15) is 9.59 Å². The van der Waals surface area contributed by atoms with Gasteiger partial charge in [-0.3, -0.25) is 9.59 Å². The lowest BCUT2D eigenvalue weighted by molar-refractivity contribution is -0.146. The largest absolute Gasteiger partial charge is 0.455 e. The van der Waals surface area contributed by atoms with Gasteiger partial charge < -0.3 is 14.5 Å². The van der Waals surface area contributed by atoms with Crippen LogP contribution in [0.4, 0.5) is 5.69 Å². The molecule has 0 fully saturated rings. The summed E-state index contributed by atoms with van der Waals surface area (Å²) in [7, 11) is 0. The summed E-state index contributed by atoms with van der Waals surface area (Å²) in [5.74, 6) is 0.676. The fourth-order valence-electron chi connectivity index (χ4n) is 3.30. The van der Waals surface area contributed by atoms with Crippen molar-refractivity contribution in [1.29, 1.82) is 0 Å². The molecule has 1 aromatic carbocycles. The number of oxazole rings is 1. The molecule has 1 N–H and O–H groups in total. The first-order chi connectivity index (χ1) is 14.8. The Balaban J connectivity index is 1.61. The van der Waals surface area contributed by atoms with Crippen LogP contribution in [0.5, 0.6) is 0 Å². The molecule has 3 aromatic rings. The highest BCUT2D eigenvalue weighted by Gasteiger charge is 2.19. The van der Waals surface area contributed by atoms with Crippen LogP contribution < -0.4 is 5.32 Å². The maximum atomic E-state index is 12.5. The van der Waals surface area contributed by atoms with E-state index in [-0.39, 0.29) is 30.8 Å². The van der Waals surface area contributed by atoms with E-state index in [0.717, 1.165) is 21.7 Å². The molecule has 6 nitrogen and oxygen atoms in total. The third-order valence-corrected chi connectivity index (χ3v) is 5.80. The molecule has 0 saturated heterocycles. The normalized spacial score (nSPS) is 11.2. The predicted octanol–water partition coefficient (Wildman–Crippen LogP) is 5.68. The average Bonchev–Trinajstić information content (AvgIpc) is 3.36. The van der Waals surface area contributed by atoms with Gasteiger partial charge in [0.25, 0.3) is 5.91 Å². The van der Waals surface area contributed by atoms with Crippen molar-refractivity contribution >= 4 is 28.9 Å². The molecule has 0 atom stereocenters. The van der Waals surface area contributed by atoms with Crippen molar-refractivity contribution in [1.82, 2.24) is 4.98 Å². The molecule has 0 aliphatic carbocycles. The zero-order valence-electron chi connectivity index (χ0n) is 18.5. The second kappa shape index (κ2) is 9.92. The van der Waals surface area contributed by atoms with Crippen molar-refractivity contribution in [2.24, 2.45) is 0 Å². The Morgan fingerprint density at radius 1 is 1.10 bits per heavy atom. The minimum atomic E-state index is -0.523. The Morgan fingerprint density at radius 2 is 1.77 bits per heavy atom. The zero-order valence-corrected chi connectivity index (χ0v) is 19.3. The third-order valence-electron chi connectivity index (χ3n) is 4.94. The number of amides is 1. The van der Waals surface area contributed by atoms with E-state index in [1.165, 1.54) is 11.3 Å². The molecule has 1 amide bonds. The molecule has 0 radical (unpaired) electrons. The van der Waals surface area contributed by atoms with Gasteiger partial charge in [-0.05, 0) is 41.3 Å². The van der Waals surface area contributed by atoms with Crippen LogP contribution in [0.1, 0.15) is 62.1 Å². The summed E-state index contributed by atoms with van der Waals surface area (Å²) in [6.07, 6.45) is -0.0478. The monoisotopic (exact) mass is 440 g/mol. The first-order valence-electron chi connectivity index (χ1n) is 10.3. The van der Waals surface area contributed by atoms with Gasteiger partial charge in [0.2, 0.25) is 5.89 Å². The molecular formula is C24H28N2O4S. The summed E-state index contributed by atoms with van der Waals surface area (Å²) >= 11 is 1.51. The van der Waals surface area contributed by atoms with Gasteiger partial charge in [-0.25, -0.2) is 4.98 Å². The van der Waals surface area contributed by atoms with Crippen LogP contribution in [0.3, 0.4) is 0 Å². The van der Waals surface area contributed by atoms with Gasteiger partial charge in [0.05, 0.1) is 17.0 Å². The second-order valence-corrected chi connectivity index (χ2v) is 8.95. The molecule has 2 heterocycles. The van der Waals surface area contributed by atoms with E-state index >= 15 is 0 Å². The molecule has 31 heavy (non-hydrogen) atoms. The highest BCUT2D eigenvalue weighted by Crippen LogP contribution is 2.32. The zero-order chi connectivity index (χ0) is 22.5. The molecule has 0 unspecified atom stereocenters. The topological polar surface area (TPSA) is 81.4 Å². The van der Waals surface area contributed by atoms with Crippen LogP contribution >= 0.6 is 11.3 Å². The molecule has 164 valence electrons. The number of hydrogen-bond acceptors (Lipinski definition) is 6. The Morgan fingerprint density at radius 3 is 2.35 bits per heavy atom.